The normalized spacial score (nSPS) is 12.9. The Morgan fingerprint density at radius 2 is 0.930 bits per heavy atom. The summed E-state index contributed by atoms with van der Waals surface area (Å²) in [5.41, 5.74) is 17.5. The van der Waals surface area contributed by atoms with Crippen molar-refractivity contribution in [1.29, 1.82) is 0 Å². The molecule has 0 N–H and O–H groups in total. The Morgan fingerprint density at radius 1 is 0.386 bits per heavy atom. The first kappa shape index (κ1) is 33.2. The molecule has 11 rings (SSSR count). The van der Waals surface area contributed by atoms with Gasteiger partial charge < -0.3 is 9.32 Å². The van der Waals surface area contributed by atoms with Gasteiger partial charge >= 0.3 is 0 Å². The molecule has 0 fully saturated rings. The first-order valence-corrected chi connectivity index (χ1v) is 19.8. The van der Waals surface area contributed by atoms with Crippen molar-refractivity contribution >= 4 is 49.8 Å². The third-order valence-corrected chi connectivity index (χ3v) is 12.1. The number of fused-ring (bicyclic) bond motifs is 7. The second-order valence-corrected chi connectivity index (χ2v) is 15.7. The van der Waals surface area contributed by atoms with E-state index >= 15 is 0 Å². The maximum Gasteiger partial charge on any atom is 0.136 e. The second-order valence-electron chi connectivity index (χ2n) is 15.7. The molecule has 2 heteroatoms. The van der Waals surface area contributed by atoms with Crippen molar-refractivity contribution in [3.05, 3.63) is 211 Å². The van der Waals surface area contributed by atoms with Gasteiger partial charge in [0.2, 0.25) is 0 Å². The fraction of sp³-hybridized carbons (Fsp3) is 0.0545. The summed E-state index contributed by atoms with van der Waals surface area (Å²) in [6.45, 7) is 4.71. The molecular weight excluding hydrogens is 691 g/mol. The molecule has 0 saturated carbocycles. The van der Waals surface area contributed by atoms with Gasteiger partial charge in [-0.15, -0.1) is 0 Å². The number of anilines is 3. The smallest absolute Gasteiger partial charge is 0.136 e. The number of hydrogen-bond acceptors (Lipinski definition) is 2. The number of nitrogens with zero attached hydrogens (tertiary/aromatic N) is 1. The van der Waals surface area contributed by atoms with Crippen molar-refractivity contribution in [1.82, 2.24) is 0 Å². The molecule has 57 heavy (non-hydrogen) atoms. The standard InChI is InChI=1S/C55H39NO/c1-55(2)48-24-9-5-21-47(48)54-46(23-14-25-49(54)55)43-19-7-11-27-51(43)56(50-26-10-6-18-42(50)41-22-13-16-37-15-3-4-17-40(37)41)39-32-29-36(30-33-39)38-31-34-45-44-20-8-12-28-52(44)57-53(45)35-38/h3-35H,1-2H3. The largest absolute Gasteiger partial charge is 0.456 e. The van der Waals surface area contributed by atoms with Crippen LogP contribution in [-0.2, 0) is 5.41 Å². The fourth-order valence-corrected chi connectivity index (χ4v) is 9.35. The van der Waals surface area contributed by atoms with Gasteiger partial charge in [-0.2, -0.15) is 0 Å². The molecule has 0 bridgehead atoms. The molecule has 2 nitrogen and oxygen atoms in total. The Morgan fingerprint density at radius 3 is 1.74 bits per heavy atom. The highest BCUT2D eigenvalue weighted by atomic mass is 16.3. The summed E-state index contributed by atoms with van der Waals surface area (Å²) in [6.07, 6.45) is 0. The van der Waals surface area contributed by atoms with Crippen molar-refractivity contribution in [3.8, 4) is 44.5 Å². The van der Waals surface area contributed by atoms with Crippen LogP contribution in [0, 0.1) is 0 Å². The Hall–Kier alpha value is -7.16. The lowest BCUT2D eigenvalue weighted by molar-refractivity contribution is 0.660. The number of hydrogen-bond donors (Lipinski definition) is 0. The van der Waals surface area contributed by atoms with Crippen LogP contribution in [0.3, 0.4) is 0 Å². The summed E-state index contributed by atoms with van der Waals surface area (Å²) in [7, 11) is 0. The molecular formula is C55H39NO. The molecule has 1 heterocycles. The predicted octanol–water partition coefficient (Wildman–Crippen LogP) is 15.5. The van der Waals surface area contributed by atoms with Gasteiger partial charge in [-0.3, -0.25) is 0 Å². The van der Waals surface area contributed by atoms with E-state index in [2.05, 4.69) is 207 Å². The van der Waals surface area contributed by atoms with Gasteiger partial charge in [0.15, 0.2) is 0 Å². The molecule has 0 unspecified atom stereocenters. The van der Waals surface area contributed by atoms with Crippen molar-refractivity contribution in [2.75, 3.05) is 4.90 Å². The minimum absolute atomic E-state index is 0.0985. The zero-order valence-corrected chi connectivity index (χ0v) is 31.9. The van der Waals surface area contributed by atoms with Crippen molar-refractivity contribution in [2.24, 2.45) is 0 Å². The minimum Gasteiger partial charge on any atom is -0.456 e. The van der Waals surface area contributed by atoms with E-state index in [9.17, 15) is 0 Å². The zero-order chi connectivity index (χ0) is 38.1. The Bertz CT molecular complexity index is 3160. The van der Waals surface area contributed by atoms with Gasteiger partial charge in [0.05, 0.1) is 11.4 Å². The predicted molar refractivity (Wildman–Crippen MR) is 240 cm³/mol. The molecule has 10 aromatic rings. The van der Waals surface area contributed by atoms with E-state index < -0.39 is 0 Å². The van der Waals surface area contributed by atoms with E-state index in [1.54, 1.807) is 0 Å². The second kappa shape index (κ2) is 13.0. The quantitative estimate of drug-likeness (QED) is 0.169. The van der Waals surface area contributed by atoms with Crippen molar-refractivity contribution in [2.45, 2.75) is 19.3 Å². The van der Waals surface area contributed by atoms with E-state index in [-0.39, 0.29) is 5.41 Å². The molecule has 0 aliphatic heterocycles. The summed E-state index contributed by atoms with van der Waals surface area (Å²) in [6, 6.07) is 72.7. The summed E-state index contributed by atoms with van der Waals surface area (Å²) in [5.74, 6) is 0. The average molecular weight is 730 g/mol. The molecule has 0 amide bonds. The van der Waals surface area contributed by atoms with Gasteiger partial charge in [0.1, 0.15) is 11.2 Å². The van der Waals surface area contributed by atoms with Crippen LogP contribution >= 0.6 is 0 Å². The molecule has 0 spiro atoms. The first-order valence-electron chi connectivity index (χ1n) is 19.8. The van der Waals surface area contributed by atoms with Gasteiger partial charge in [-0.1, -0.05) is 172 Å². The van der Waals surface area contributed by atoms with Crippen LogP contribution in [-0.4, -0.2) is 0 Å². The monoisotopic (exact) mass is 729 g/mol. The minimum atomic E-state index is -0.0985. The molecule has 1 aliphatic carbocycles. The molecule has 0 radical (unpaired) electrons. The Kier molecular flexibility index (Phi) is 7.55. The van der Waals surface area contributed by atoms with Gasteiger partial charge in [0, 0.05) is 33.0 Å². The summed E-state index contributed by atoms with van der Waals surface area (Å²) < 4.78 is 6.29. The maximum atomic E-state index is 6.29. The van der Waals surface area contributed by atoms with Crippen LogP contribution in [0.5, 0.6) is 0 Å². The summed E-state index contributed by atoms with van der Waals surface area (Å²) >= 11 is 0. The van der Waals surface area contributed by atoms with Gasteiger partial charge in [-0.05, 0) is 97.7 Å². The van der Waals surface area contributed by atoms with Crippen molar-refractivity contribution in [3.63, 3.8) is 0 Å². The van der Waals surface area contributed by atoms with Crippen LogP contribution in [0.25, 0.3) is 77.2 Å². The molecule has 1 aliphatic rings. The topological polar surface area (TPSA) is 16.4 Å². The highest BCUT2D eigenvalue weighted by Gasteiger charge is 2.37. The van der Waals surface area contributed by atoms with E-state index in [1.165, 1.54) is 55.3 Å². The highest BCUT2D eigenvalue weighted by molar-refractivity contribution is 6.06. The maximum absolute atomic E-state index is 6.29. The molecule has 270 valence electrons. The Labute approximate surface area is 332 Å². The third kappa shape index (κ3) is 5.25. The zero-order valence-electron chi connectivity index (χ0n) is 31.9. The highest BCUT2D eigenvalue weighted by Crippen LogP contribution is 2.54. The third-order valence-electron chi connectivity index (χ3n) is 12.1. The summed E-state index contributed by atoms with van der Waals surface area (Å²) in [4.78, 5) is 2.46. The first-order chi connectivity index (χ1) is 28.0. The molecule has 0 saturated heterocycles. The van der Waals surface area contributed by atoms with E-state index in [0.29, 0.717) is 0 Å². The average Bonchev–Trinajstić information content (AvgIpc) is 3.75. The van der Waals surface area contributed by atoms with Crippen LogP contribution in [0.15, 0.2) is 205 Å². The molecule has 0 atom stereocenters. The lowest BCUT2D eigenvalue weighted by Gasteiger charge is -2.30. The Balaban J connectivity index is 1.12. The SMILES string of the molecule is CC1(C)c2ccccc2-c2c(-c3ccccc3N(c3ccc(-c4ccc5c(c4)oc4ccccc45)cc3)c3ccccc3-c3cccc4ccccc34)cccc21. The number of rotatable bonds is 6. The van der Waals surface area contributed by atoms with Crippen LogP contribution in [0.4, 0.5) is 17.1 Å². The van der Waals surface area contributed by atoms with E-state index in [4.69, 9.17) is 4.42 Å². The fourth-order valence-electron chi connectivity index (χ4n) is 9.35. The van der Waals surface area contributed by atoms with Crippen LogP contribution in [0.2, 0.25) is 0 Å². The summed E-state index contributed by atoms with van der Waals surface area (Å²) in [5, 5.41) is 4.74. The lowest BCUT2D eigenvalue weighted by Crippen LogP contribution is -2.15. The number of para-hydroxylation sites is 3. The number of benzene rings is 9. The van der Waals surface area contributed by atoms with Gasteiger partial charge in [-0.25, -0.2) is 0 Å². The van der Waals surface area contributed by atoms with Crippen molar-refractivity contribution < 1.29 is 4.42 Å². The van der Waals surface area contributed by atoms with E-state index in [1.807, 2.05) is 12.1 Å². The van der Waals surface area contributed by atoms with Crippen LogP contribution in [0.1, 0.15) is 25.0 Å². The molecule has 9 aromatic carbocycles. The lowest BCUT2D eigenvalue weighted by atomic mass is 9.82. The molecule has 1 aromatic heterocycles. The van der Waals surface area contributed by atoms with Gasteiger partial charge in [0.25, 0.3) is 0 Å². The van der Waals surface area contributed by atoms with Crippen LogP contribution < -0.4 is 4.90 Å². The number of furan rings is 1. The van der Waals surface area contributed by atoms with E-state index in [0.717, 1.165) is 50.1 Å².